The van der Waals surface area contributed by atoms with Crippen molar-refractivity contribution in [1.82, 2.24) is 0 Å². The first-order chi connectivity index (χ1) is 8.64. The lowest BCUT2D eigenvalue weighted by molar-refractivity contribution is -0.0483. The van der Waals surface area contributed by atoms with Crippen molar-refractivity contribution in [3.63, 3.8) is 0 Å². The average Bonchev–Trinajstić information content (AvgIpc) is 2.69. The third-order valence-electron chi connectivity index (χ3n) is 7.32. The summed E-state index contributed by atoms with van der Waals surface area (Å²) in [6.07, 6.45) is 5.72. The molecule has 3 fully saturated rings. The van der Waals surface area contributed by atoms with E-state index in [9.17, 15) is 0 Å². The van der Waals surface area contributed by atoms with Gasteiger partial charge in [0.15, 0.2) is 0 Å². The molecule has 4 rings (SSSR count). The van der Waals surface area contributed by atoms with E-state index < -0.39 is 0 Å². The van der Waals surface area contributed by atoms with Crippen molar-refractivity contribution >= 4 is 0 Å². The molecule has 18 heavy (non-hydrogen) atoms. The molecule has 0 nitrogen and oxygen atoms in total. The summed E-state index contributed by atoms with van der Waals surface area (Å²) in [6.45, 7) is 7.53. The molecule has 0 radical (unpaired) electrons. The van der Waals surface area contributed by atoms with Gasteiger partial charge < -0.3 is 0 Å². The van der Waals surface area contributed by atoms with Crippen LogP contribution in [0.1, 0.15) is 52.0 Å². The van der Waals surface area contributed by atoms with Gasteiger partial charge in [0.25, 0.3) is 0 Å². The normalized spacial score (nSPS) is 51.7. The highest BCUT2D eigenvalue weighted by atomic mass is 15.0. The van der Waals surface area contributed by atoms with Gasteiger partial charge >= 0.3 is 0 Å². The Kier molecular flexibility index (Phi) is 1.86. The zero-order valence-electron chi connectivity index (χ0n) is 11.9. The van der Waals surface area contributed by atoms with Crippen molar-refractivity contribution in [2.75, 3.05) is 0 Å². The second-order valence-corrected chi connectivity index (χ2v) is 7.25. The van der Waals surface area contributed by atoms with Crippen molar-refractivity contribution in [3.05, 3.63) is 35.9 Å². The predicted octanol–water partition coefficient (Wildman–Crippen LogP) is 4.79. The maximum atomic E-state index is 2.59. The van der Waals surface area contributed by atoms with E-state index in [0.717, 1.165) is 11.8 Å². The summed E-state index contributed by atoms with van der Waals surface area (Å²) >= 11 is 0. The van der Waals surface area contributed by atoms with E-state index in [1.165, 1.54) is 25.7 Å². The molecule has 3 aliphatic rings. The van der Waals surface area contributed by atoms with Crippen molar-refractivity contribution in [3.8, 4) is 0 Å². The van der Waals surface area contributed by atoms with Gasteiger partial charge in [-0.25, -0.2) is 0 Å². The van der Waals surface area contributed by atoms with Crippen LogP contribution in [0.2, 0.25) is 0 Å². The molecule has 1 aromatic rings. The van der Waals surface area contributed by atoms with Crippen molar-refractivity contribution in [1.29, 1.82) is 0 Å². The Labute approximate surface area is 111 Å². The number of hydrogen-bond donors (Lipinski definition) is 0. The van der Waals surface area contributed by atoms with Crippen LogP contribution in [-0.4, -0.2) is 0 Å². The first kappa shape index (κ1) is 11.1. The van der Waals surface area contributed by atoms with Crippen LogP contribution in [0, 0.1) is 22.7 Å². The average molecular weight is 240 g/mol. The molecule has 0 amide bonds. The summed E-state index contributed by atoms with van der Waals surface area (Å²) in [5.41, 5.74) is 3.37. The van der Waals surface area contributed by atoms with Gasteiger partial charge in [-0.05, 0) is 47.5 Å². The Bertz CT molecular complexity index is 490. The first-order valence-corrected chi connectivity index (χ1v) is 7.70. The Morgan fingerprint density at radius 1 is 1.06 bits per heavy atom. The molecule has 0 spiro atoms. The lowest BCUT2D eigenvalue weighted by Gasteiger charge is -2.58. The Hall–Kier alpha value is -0.780. The van der Waals surface area contributed by atoms with E-state index in [-0.39, 0.29) is 0 Å². The fraction of sp³-hybridized carbons (Fsp3) is 0.667. The quantitative estimate of drug-likeness (QED) is 0.712. The Morgan fingerprint density at radius 2 is 1.72 bits per heavy atom. The third kappa shape index (κ3) is 0.770. The highest BCUT2D eigenvalue weighted by Crippen LogP contribution is 2.97. The molecule has 0 heteroatoms. The van der Waals surface area contributed by atoms with E-state index in [0.29, 0.717) is 16.2 Å². The van der Waals surface area contributed by atoms with Gasteiger partial charge in [-0.1, -0.05) is 57.5 Å². The van der Waals surface area contributed by atoms with Crippen molar-refractivity contribution in [2.24, 2.45) is 22.7 Å². The van der Waals surface area contributed by atoms with Gasteiger partial charge in [-0.2, -0.15) is 0 Å². The van der Waals surface area contributed by atoms with E-state index in [1.807, 2.05) is 0 Å². The molecule has 0 aliphatic heterocycles. The SMILES string of the molecule is CCC[C@]1(C)[C@]2(C)[C@@H]3CC[C@@H]3[C@@]12c1ccccc1. The molecule has 0 bridgehead atoms. The van der Waals surface area contributed by atoms with Gasteiger partial charge in [0.2, 0.25) is 0 Å². The summed E-state index contributed by atoms with van der Waals surface area (Å²) in [4.78, 5) is 0. The van der Waals surface area contributed by atoms with Crippen molar-refractivity contribution in [2.45, 2.75) is 51.9 Å². The van der Waals surface area contributed by atoms with E-state index in [2.05, 4.69) is 51.1 Å². The first-order valence-electron chi connectivity index (χ1n) is 7.70. The minimum Gasteiger partial charge on any atom is -0.0654 e. The summed E-state index contributed by atoms with van der Waals surface area (Å²) in [5.74, 6) is 2.04. The van der Waals surface area contributed by atoms with Crippen LogP contribution >= 0.6 is 0 Å². The molecular formula is C18H24. The number of benzene rings is 1. The fourth-order valence-electron chi connectivity index (χ4n) is 6.65. The van der Waals surface area contributed by atoms with Gasteiger partial charge in [0.1, 0.15) is 0 Å². The van der Waals surface area contributed by atoms with Crippen LogP contribution in [-0.2, 0) is 5.41 Å². The summed E-state index contributed by atoms with van der Waals surface area (Å²) < 4.78 is 0. The van der Waals surface area contributed by atoms with Crippen LogP contribution in [0.3, 0.4) is 0 Å². The lowest BCUT2D eigenvalue weighted by Crippen LogP contribution is -2.54. The summed E-state index contributed by atoms with van der Waals surface area (Å²) in [6, 6.07) is 11.4. The Morgan fingerprint density at radius 3 is 2.28 bits per heavy atom. The van der Waals surface area contributed by atoms with Gasteiger partial charge in [-0.3, -0.25) is 0 Å². The minimum absolute atomic E-state index is 0.542. The molecule has 5 atom stereocenters. The summed E-state index contributed by atoms with van der Waals surface area (Å²) in [7, 11) is 0. The standard InChI is InChI=1S/C18H24/c1-4-12-16(2)17(3)14-10-11-15(14)18(16,17)13-8-6-5-7-9-13/h5-9,14-15H,4,10-12H2,1-3H3/t14-,15+,16-,17+,18+/m1/s1. The topological polar surface area (TPSA) is 0 Å². The van der Waals surface area contributed by atoms with Crippen LogP contribution in [0.4, 0.5) is 0 Å². The number of rotatable bonds is 3. The number of hydrogen-bond acceptors (Lipinski definition) is 0. The zero-order chi connectivity index (χ0) is 12.6. The molecule has 0 N–H and O–H groups in total. The maximum Gasteiger partial charge on any atom is 0.0105 e. The molecule has 0 heterocycles. The van der Waals surface area contributed by atoms with Crippen LogP contribution in [0.5, 0.6) is 0 Å². The van der Waals surface area contributed by atoms with Crippen LogP contribution < -0.4 is 0 Å². The van der Waals surface area contributed by atoms with Crippen LogP contribution in [0.25, 0.3) is 0 Å². The Balaban J connectivity index is 1.84. The van der Waals surface area contributed by atoms with E-state index in [4.69, 9.17) is 0 Å². The van der Waals surface area contributed by atoms with Crippen molar-refractivity contribution < 1.29 is 0 Å². The molecule has 96 valence electrons. The van der Waals surface area contributed by atoms with E-state index >= 15 is 0 Å². The highest BCUT2D eigenvalue weighted by molar-refractivity contribution is 5.55. The molecule has 0 unspecified atom stereocenters. The molecular weight excluding hydrogens is 216 g/mol. The van der Waals surface area contributed by atoms with E-state index in [1.54, 1.807) is 5.56 Å². The smallest absolute Gasteiger partial charge is 0.0105 e. The fourth-order valence-corrected chi connectivity index (χ4v) is 6.65. The second-order valence-electron chi connectivity index (χ2n) is 7.25. The molecule has 0 aromatic heterocycles. The van der Waals surface area contributed by atoms with Crippen LogP contribution in [0.15, 0.2) is 30.3 Å². The molecule has 1 aromatic carbocycles. The summed E-state index contributed by atoms with van der Waals surface area (Å²) in [5, 5.41) is 0. The number of fused-ring (bicyclic) bond motifs is 4. The molecule has 0 saturated heterocycles. The van der Waals surface area contributed by atoms with Gasteiger partial charge in [0.05, 0.1) is 0 Å². The van der Waals surface area contributed by atoms with Gasteiger partial charge in [0, 0.05) is 5.41 Å². The minimum atomic E-state index is 0.542. The zero-order valence-corrected chi connectivity index (χ0v) is 11.9. The predicted molar refractivity (Wildman–Crippen MR) is 75.5 cm³/mol. The largest absolute Gasteiger partial charge is 0.0654 e. The monoisotopic (exact) mass is 240 g/mol. The highest BCUT2D eigenvalue weighted by Gasteiger charge is 2.95. The van der Waals surface area contributed by atoms with Gasteiger partial charge in [-0.15, -0.1) is 0 Å². The maximum absolute atomic E-state index is 2.59. The third-order valence-corrected chi connectivity index (χ3v) is 7.32. The molecule has 3 saturated carbocycles. The lowest BCUT2D eigenvalue weighted by atomic mass is 9.46. The second kappa shape index (κ2) is 3.03. The molecule has 3 aliphatic carbocycles.